The van der Waals surface area contributed by atoms with Crippen LogP contribution in [0.4, 0.5) is 11.4 Å². The predicted molar refractivity (Wildman–Crippen MR) is 153 cm³/mol. The average Bonchev–Trinajstić information content (AvgIpc) is 2.85. The zero-order valence-corrected chi connectivity index (χ0v) is 22.4. The Balaban J connectivity index is 1.11. The van der Waals surface area contributed by atoms with Crippen LogP contribution in [0.15, 0.2) is 48.5 Å². The first kappa shape index (κ1) is 25.1. The fourth-order valence-electron chi connectivity index (χ4n) is 6.29. The van der Waals surface area contributed by atoms with Crippen molar-refractivity contribution in [3.8, 4) is 6.07 Å². The van der Waals surface area contributed by atoms with Crippen molar-refractivity contribution in [3.63, 3.8) is 0 Å². The maximum atomic E-state index is 11.3. The van der Waals surface area contributed by atoms with Crippen LogP contribution in [-0.2, 0) is 10.3 Å². The summed E-state index contributed by atoms with van der Waals surface area (Å²) in [6.07, 6.45) is 0.0919. The number of likely N-dealkylation sites (tertiary alicyclic amines) is 1. The molecule has 0 amide bonds. The van der Waals surface area contributed by atoms with E-state index in [-0.39, 0.29) is 17.7 Å². The van der Waals surface area contributed by atoms with E-state index in [2.05, 4.69) is 57.8 Å². The lowest BCUT2D eigenvalue weighted by molar-refractivity contribution is -0.127. The number of morpholine rings is 1. The number of hydrogen-bond acceptors (Lipinski definition) is 8. The highest BCUT2D eigenvalue weighted by Crippen LogP contribution is 2.35. The monoisotopic (exact) mass is 510 g/mol. The Morgan fingerprint density at radius 2 is 1.82 bits per heavy atom. The van der Waals surface area contributed by atoms with E-state index in [9.17, 15) is 10.4 Å². The van der Waals surface area contributed by atoms with Gasteiger partial charge in [-0.1, -0.05) is 18.2 Å². The van der Waals surface area contributed by atoms with Crippen molar-refractivity contribution >= 4 is 35.7 Å². The van der Waals surface area contributed by atoms with Crippen molar-refractivity contribution in [1.82, 2.24) is 9.88 Å². The zero-order chi connectivity index (χ0) is 26.7. The number of aliphatic hydroxyl groups is 1. The summed E-state index contributed by atoms with van der Waals surface area (Å²) in [6.45, 7) is 9.36. The maximum Gasteiger partial charge on any atom is 0.163 e. The molecule has 4 heterocycles. The number of aromatic nitrogens is 1. The molecule has 38 heavy (non-hydrogen) atoms. The largest absolute Gasteiger partial charge is 0.382 e. The minimum Gasteiger partial charge on any atom is -0.382 e. The van der Waals surface area contributed by atoms with Gasteiger partial charge in [-0.3, -0.25) is 9.88 Å². The maximum absolute atomic E-state index is 11.3. The van der Waals surface area contributed by atoms with Gasteiger partial charge in [-0.15, -0.1) is 0 Å². The molecule has 3 aromatic rings. The number of benzene rings is 2. The lowest BCUT2D eigenvalue weighted by Gasteiger charge is -2.50. The molecule has 0 radical (unpaired) electrons. The van der Waals surface area contributed by atoms with Crippen LogP contribution in [-0.4, -0.2) is 86.4 Å². The standard InChI is InChI=1S/C29H35BN6O2/c1-19-12-35(25-9-3-20(11-31)27-24(25)8-10-26(30)33-27)14-23(38-19)13-34-17-29(37,18-34)21-4-6-22(7-5-21)36-15-28(2,32)16-36/h3-10,19,23,37H,12-18,30,32H2,1-2H3/t19-,23+/m1/s1. The number of β-amino-alcohol motifs (C(OH)–C–C–N with tert-alkyl or cyclic N) is 1. The third kappa shape index (κ3) is 4.63. The average molecular weight is 510 g/mol. The van der Waals surface area contributed by atoms with Crippen molar-refractivity contribution < 1.29 is 9.84 Å². The number of anilines is 2. The van der Waals surface area contributed by atoms with Gasteiger partial charge in [-0.25, -0.2) is 0 Å². The van der Waals surface area contributed by atoms with E-state index in [1.165, 1.54) is 0 Å². The fraction of sp³-hybridized carbons (Fsp3) is 0.448. The van der Waals surface area contributed by atoms with E-state index in [0.29, 0.717) is 18.7 Å². The van der Waals surface area contributed by atoms with Crippen molar-refractivity contribution in [2.24, 2.45) is 5.73 Å². The predicted octanol–water partition coefficient (Wildman–Crippen LogP) is 0.699. The number of ether oxygens (including phenoxy) is 1. The number of rotatable bonds is 5. The molecule has 3 saturated heterocycles. The van der Waals surface area contributed by atoms with Gasteiger partial charge < -0.3 is 25.4 Å². The molecule has 1 aromatic heterocycles. The molecule has 3 N–H and O–H groups in total. The van der Waals surface area contributed by atoms with Crippen LogP contribution in [0.25, 0.3) is 10.9 Å². The lowest BCUT2D eigenvalue weighted by atomic mass is 9.85. The van der Waals surface area contributed by atoms with E-state index in [1.54, 1.807) is 0 Å². The summed E-state index contributed by atoms with van der Waals surface area (Å²) >= 11 is 0. The Morgan fingerprint density at radius 3 is 2.50 bits per heavy atom. The highest BCUT2D eigenvalue weighted by molar-refractivity contribution is 6.31. The third-order valence-electron chi connectivity index (χ3n) is 8.07. The quantitative estimate of drug-likeness (QED) is 0.484. The van der Waals surface area contributed by atoms with Gasteiger partial charge in [0.15, 0.2) is 7.85 Å². The van der Waals surface area contributed by atoms with Crippen molar-refractivity contribution in [2.75, 3.05) is 55.6 Å². The first-order valence-electron chi connectivity index (χ1n) is 13.4. The Labute approximate surface area is 225 Å². The number of nitrogens with two attached hydrogens (primary N) is 1. The minimum absolute atomic E-state index is 0.0202. The molecule has 3 aliphatic rings. The molecule has 9 heteroatoms. The molecule has 0 bridgehead atoms. The molecule has 2 atom stereocenters. The summed E-state index contributed by atoms with van der Waals surface area (Å²) in [5.74, 6) is 0. The van der Waals surface area contributed by atoms with Crippen LogP contribution in [0.2, 0.25) is 0 Å². The molecular weight excluding hydrogens is 475 g/mol. The lowest BCUT2D eigenvalue weighted by Crippen LogP contribution is -2.65. The van der Waals surface area contributed by atoms with Crippen LogP contribution in [0.1, 0.15) is 25.0 Å². The second-order valence-electron chi connectivity index (χ2n) is 11.8. The number of fused-ring (bicyclic) bond motifs is 1. The Bertz CT molecular complexity index is 1390. The topological polar surface area (TPSA) is 102 Å². The van der Waals surface area contributed by atoms with E-state index in [0.717, 1.165) is 66.2 Å². The first-order chi connectivity index (χ1) is 18.1. The SMILES string of the molecule is Bc1ccc2c(N3C[C@H](CN4CC(O)(c5ccc(N6CC(C)(N)C6)cc5)C4)O[C@H](C)C3)ccc(C#N)c2n1. The number of pyridine rings is 1. The van der Waals surface area contributed by atoms with E-state index < -0.39 is 5.60 Å². The molecule has 196 valence electrons. The third-order valence-corrected chi connectivity index (χ3v) is 8.07. The van der Waals surface area contributed by atoms with E-state index in [1.807, 2.05) is 38.2 Å². The highest BCUT2D eigenvalue weighted by atomic mass is 16.5. The Kier molecular flexibility index (Phi) is 6.12. The second kappa shape index (κ2) is 9.24. The van der Waals surface area contributed by atoms with E-state index in [4.69, 9.17) is 10.5 Å². The zero-order valence-electron chi connectivity index (χ0n) is 22.4. The smallest absolute Gasteiger partial charge is 0.163 e. The molecule has 3 fully saturated rings. The molecule has 6 rings (SSSR count). The van der Waals surface area contributed by atoms with Gasteiger partial charge in [-0.05, 0) is 55.3 Å². The summed E-state index contributed by atoms with van der Waals surface area (Å²) in [4.78, 5) is 11.5. The molecule has 0 spiro atoms. The van der Waals surface area contributed by atoms with Gasteiger partial charge in [0.05, 0.1) is 23.3 Å². The summed E-state index contributed by atoms with van der Waals surface area (Å²) < 4.78 is 6.32. The van der Waals surface area contributed by atoms with Gasteiger partial charge in [0.25, 0.3) is 0 Å². The van der Waals surface area contributed by atoms with Crippen LogP contribution >= 0.6 is 0 Å². The van der Waals surface area contributed by atoms with Crippen molar-refractivity contribution in [2.45, 2.75) is 37.2 Å². The number of nitriles is 1. The first-order valence-corrected chi connectivity index (χ1v) is 13.4. The summed E-state index contributed by atoms with van der Waals surface area (Å²) in [5.41, 5.74) is 10.7. The number of nitrogens with zero attached hydrogens (tertiary/aromatic N) is 5. The Hall–Kier alpha value is -3.16. The van der Waals surface area contributed by atoms with Gasteiger partial charge >= 0.3 is 0 Å². The van der Waals surface area contributed by atoms with Crippen LogP contribution in [0, 0.1) is 11.3 Å². The van der Waals surface area contributed by atoms with Gasteiger partial charge in [-0.2, -0.15) is 5.26 Å². The molecule has 3 aliphatic heterocycles. The van der Waals surface area contributed by atoms with Crippen molar-refractivity contribution in [1.29, 1.82) is 5.26 Å². The summed E-state index contributed by atoms with van der Waals surface area (Å²) in [5, 5.41) is 21.9. The molecular formula is C29H35BN6O2. The molecule has 2 aromatic carbocycles. The molecule has 0 saturated carbocycles. The highest BCUT2D eigenvalue weighted by Gasteiger charge is 2.44. The van der Waals surface area contributed by atoms with Gasteiger partial charge in [0, 0.05) is 68.1 Å². The fourth-order valence-corrected chi connectivity index (χ4v) is 6.29. The normalized spacial score (nSPS) is 24.5. The van der Waals surface area contributed by atoms with Crippen molar-refractivity contribution in [3.05, 3.63) is 59.7 Å². The van der Waals surface area contributed by atoms with Crippen LogP contribution < -0.4 is 21.1 Å². The number of hydrogen-bond donors (Lipinski definition) is 2. The summed E-state index contributed by atoms with van der Waals surface area (Å²) in [6, 6.07) is 18.5. The summed E-state index contributed by atoms with van der Waals surface area (Å²) in [7, 11) is 1.95. The second-order valence-corrected chi connectivity index (χ2v) is 11.8. The molecule has 8 nitrogen and oxygen atoms in total. The van der Waals surface area contributed by atoms with Crippen LogP contribution in [0.5, 0.6) is 0 Å². The van der Waals surface area contributed by atoms with Gasteiger partial charge in [0.2, 0.25) is 0 Å². The Morgan fingerprint density at radius 1 is 1.08 bits per heavy atom. The molecule has 0 aliphatic carbocycles. The van der Waals surface area contributed by atoms with E-state index >= 15 is 0 Å². The van der Waals surface area contributed by atoms with Crippen LogP contribution in [0.3, 0.4) is 0 Å². The minimum atomic E-state index is -0.831. The molecule has 0 unspecified atom stereocenters. The van der Waals surface area contributed by atoms with Gasteiger partial charge in [0.1, 0.15) is 11.7 Å².